The molecule has 1 unspecified atom stereocenters. The first kappa shape index (κ1) is 22.1. The van der Waals surface area contributed by atoms with Crippen molar-refractivity contribution in [2.75, 3.05) is 18.4 Å². The van der Waals surface area contributed by atoms with Crippen LogP contribution in [0.3, 0.4) is 0 Å². The number of pyridine rings is 1. The summed E-state index contributed by atoms with van der Waals surface area (Å²) in [6.07, 6.45) is 6.05. The number of carbonyl (C=O) groups excluding carboxylic acids is 3. The number of amidine groups is 1. The van der Waals surface area contributed by atoms with E-state index in [1.54, 1.807) is 24.3 Å². The number of thioether (sulfide) groups is 1. The zero-order valence-corrected chi connectivity index (χ0v) is 19.3. The van der Waals surface area contributed by atoms with E-state index in [4.69, 9.17) is 0 Å². The number of aliphatic imine (C=N–C) groups is 1. The first-order chi connectivity index (χ1) is 16.5. The number of hydrogen-bond acceptors (Lipinski definition) is 6. The van der Waals surface area contributed by atoms with Crippen LogP contribution in [0.5, 0.6) is 0 Å². The maximum absolute atomic E-state index is 12.5. The Morgan fingerprint density at radius 3 is 2.65 bits per heavy atom. The normalized spacial score (nSPS) is 17.8. The Morgan fingerprint density at radius 1 is 1.09 bits per heavy atom. The van der Waals surface area contributed by atoms with Crippen molar-refractivity contribution in [2.24, 2.45) is 4.99 Å². The number of carbonyl (C=O) groups is 3. The molecule has 34 heavy (non-hydrogen) atoms. The fourth-order valence-electron chi connectivity index (χ4n) is 3.98. The van der Waals surface area contributed by atoms with E-state index in [1.165, 1.54) is 11.8 Å². The average molecular weight is 477 g/mol. The molecular weight excluding hydrogens is 452 g/mol. The number of nitrogens with zero attached hydrogens (tertiary/aromatic N) is 4. The molecule has 0 radical (unpaired) electrons. The molecule has 2 aliphatic rings. The molecule has 0 bridgehead atoms. The molecular formula is C24H24N6O3S. The summed E-state index contributed by atoms with van der Waals surface area (Å²) in [5.41, 5.74) is 2.63. The van der Waals surface area contributed by atoms with Gasteiger partial charge in [-0.15, -0.1) is 0 Å². The Morgan fingerprint density at radius 2 is 1.88 bits per heavy atom. The van der Waals surface area contributed by atoms with E-state index in [9.17, 15) is 14.4 Å². The summed E-state index contributed by atoms with van der Waals surface area (Å²) in [6.45, 7) is 2.14. The zero-order valence-electron chi connectivity index (χ0n) is 18.4. The molecule has 2 N–H and O–H groups in total. The summed E-state index contributed by atoms with van der Waals surface area (Å²) in [5.74, 6) is -0.734. The van der Waals surface area contributed by atoms with Gasteiger partial charge >= 0.3 is 0 Å². The topological polar surface area (TPSA) is 108 Å². The molecule has 1 saturated heterocycles. The number of aromatic nitrogens is 2. The number of imidazole rings is 1. The van der Waals surface area contributed by atoms with Gasteiger partial charge < -0.3 is 19.9 Å². The maximum Gasteiger partial charge on any atom is 0.262 e. The second-order valence-corrected chi connectivity index (χ2v) is 9.41. The lowest BCUT2D eigenvalue weighted by atomic mass is 10.2. The van der Waals surface area contributed by atoms with Crippen LogP contribution in [0.1, 0.15) is 35.3 Å². The molecule has 5 rings (SSSR count). The predicted molar refractivity (Wildman–Crippen MR) is 131 cm³/mol. The molecule has 3 amide bonds. The third kappa shape index (κ3) is 4.96. The van der Waals surface area contributed by atoms with Crippen LogP contribution in [-0.2, 0) is 16.1 Å². The van der Waals surface area contributed by atoms with Crippen LogP contribution in [0.25, 0.3) is 5.65 Å². The number of likely N-dealkylation sites (tertiary alicyclic amines) is 1. The molecule has 0 aliphatic carbocycles. The third-order valence-electron chi connectivity index (χ3n) is 5.75. The molecule has 0 spiro atoms. The SMILES string of the molecule is O=C(CC1SC(N2CCCC2)=NC1=O)Nc1ccc(C(=O)NCc2cn3ccccc3n2)cc1. The predicted octanol–water partition coefficient (Wildman–Crippen LogP) is 2.69. The summed E-state index contributed by atoms with van der Waals surface area (Å²) < 4.78 is 1.90. The Bertz CT molecular complexity index is 1230. The molecule has 9 nitrogen and oxygen atoms in total. The summed E-state index contributed by atoms with van der Waals surface area (Å²) in [4.78, 5) is 47.9. The van der Waals surface area contributed by atoms with E-state index in [0.29, 0.717) is 17.8 Å². The van der Waals surface area contributed by atoms with Crippen molar-refractivity contribution in [3.63, 3.8) is 0 Å². The highest BCUT2D eigenvalue weighted by Crippen LogP contribution is 2.29. The van der Waals surface area contributed by atoms with Gasteiger partial charge in [0.15, 0.2) is 5.17 Å². The molecule has 10 heteroatoms. The first-order valence-corrected chi connectivity index (χ1v) is 12.1. The van der Waals surface area contributed by atoms with Gasteiger partial charge in [0.25, 0.3) is 11.8 Å². The van der Waals surface area contributed by atoms with Crippen molar-refractivity contribution >= 4 is 46.0 Å². The fraction of sp³-hybridized carbons (Fsp3) is 0.292. The smallest absolute Gasteiger partial charge is 0.262 e. The average Bonchev–Trinajstić information content (AvgIpc) is 3.58. The van der Waals surface area contributed by atoms with Crippen molar-refractivity contribution < 1.29 is 14.4 Å². The number of benzene rings is 1. The number of rotatable bonds is 6. The summed E-state index contributed by atoms with van der Waals surface area (Å²) >= 11 is 1.37. The Balaban J connectivity index is 1.11. The quantitative estimate of drug-likeness (QED) is 0.566. The number of hydrogen-bond donors (Lipinski definition) is 2. The lowest BCUT2D eigenvalue weighted by Crippen LogP contribution is -2.25. The molecule has 2 aromatic heterocycles. The van der Waals surface area contributed by atoms with Gasteiger partial charge in [-0.2, -0.15) is 4.99 Å². The Kier molecular flexibility index (Phi) is 6.31. The monoisotopic (exact) mass is 476 g/mol. The van der Waals surface area contributed by atoms with Crippen LogP contribution in [-0.4, -0.2) is 55.5 Å². The van der Waals surface area contributed by atoms with Crippen LogP contribution in [0.2, 0.25) is 0 Å². The lowest BCUT2D eigenvalue weighted by molar-refractivity contribution is -0.121. The second kappa shape index (κ2) is 9.68. The molecule has 3 aromatic rings. The number of amides is 3. The minimum atomic E-state index is -0.486. The molecule has 4 heterocycles. The van der Waals surface area contributed by atoms with Gasteiger partial charge in [0.05, 0.1) is 12.2 Å². The van der Waals surface area contributed by atoms with E-state index in [-0.39, 0.29) is 24.1 Å². The molecule has 1 aromatic carbocycles. The lowest BCUT2D eigenvalue weighted by Gasteiger charge is -2.16. The van der Waals surface area contributed by atoms with E-state index in [2.05, 4.69) is 25.5 Å². The Hall–Kier alpha value is -3.66. The van der Waals surface area contributed by atoms with E-state index in [0.717, 1.165) is 42.4 Å². The second-order valence-electron chi connectivity index (χ2n) is 8.24. The first-order valence-electron chi connectivity index (χ1n) is 11.2. The summed E-state index contributed by atoms with van der Waals surface area (Å²) in [5, 5.41) is 5.91. The highest BCUT2D eigenvalue weighted by molar-refractivity contribution is 8.15. The molecule has 174 valence electrons. The van der Waals surface area contributed by atoms with Crippen molar-refractivity contribution in [3.8, 4) is 0 Å². The highest BCUT2D eigenvalue weighted by atomic mass is 32.2. The van der Waals surface area contributed by atoms with Crippen LogP contribution >= 0.6 is 11.8 Å². The van der Waals surface area contributed by atoms with Crippen LogP contribution in [0, 0.1) is 0 Å². The minimum Gasteiger partial charge on any atom is -0.351 e. The summed E-state index contributed by atoms with van der Waals surface area (Å²) in [7, 11) is 0. The molecule has 1 atom stereocenters. The standard InChI is InChI=1S/C24H24N6O3S/c31-21(13-19-23(33)28-24(34-19)29-10-3-4-11-29)27-17-8-6-16(7-9-17)22(32)25-14-18-15-30-12-2-1-5-20(30)26-18/h1-2,5-9,12,15,19H,3-4,10-11,13-14H2,(H,25,32)(H,27,31). The van der Waals surface area contributed by atoms with Crippen molar-refractivity contribution in [2.45, 2.75) is 31.1 Å². The zero-order chi connectivity index (χ0) is 23.5. The van der Waals surface area contributed by atoms with Crippen molar-refractivity contribution in [1.29, 1.82) is 0 Å². The number of nitrogens with one attached hydrogen (secondary N) is 2. The van der Waals surface area contributed by atoms with Gasteiger partial charge in [-0.1, -0.05) is 17.8 Å². The van der Waals surface area contributed by atoms with Gasteiger partial charge in [0.2, 0.25) is 5.91 Å². The maximum atomic E-state index is 12.5. The van der Waals surface area contributed by atoms with E-state index < -0.39 is 5.25 Å². The highest BCUT2D eigenvalue weighted by Gasteiger charge is 2.33. The minimum absolute atomic E-state index is 0.0611. The largest absolute Gasteiger partial charge is 0.351 e. The van der Waals surface area contributed by atoms with Gasteiger partial charge in [-0.05, 0) is 49.2 Å². The van der Waals surface area contributed by atoms with Gasteiger partial charge in [-0.3, -0.25) is 14.4 Å². The van der Waals surface area contributed by atoms with E-state index >= 15 is 0 Å². The molecule has 1 fully saturated rings. The molecule has 2 aliphatic heterocycles. The number of anilines is 1. The van der Waals surface area contributed by atoms with Gasteiger partial charge in [0, 0.05) is 43.2 Å². The Labute approximate surface area is 200 Å². The number of fused-ring (bicyclic) bond motifs is 1. The third-order valence-corrected chi connectivity index (χ3v) is 6.96. The van der Waals surface area contributed by atoms with E-state index in [1.807, 2.05) is 35.0 Å². The van der Waals surface area contributed by atoms with Crippen LogP contribution < -0.4 is 10.6 Å². The summed E-state index contributed by atoms with van der Waals surface area (Å²) in [6, 6.07) is 12.4. The van der Waals surface area contributed by atoms with Crippen LogP contribution in [0.15, 0.2) is 59.9 Å². The molecule has 0 saturated carbocycles. The fourth-order valence-corrected chi connectivity index (χ4v) is 5.10. The van der Waals surface area contributed by atoms with Crippen molar-refractivity contribution in [1.82, 2.24) is 19.6 Å². The van der Waals surface area contributed by atoms with Crippen LogP contribution in [0.4, 0.5) is 5.69 Å². The van der Waals surface area contributed by atoms with Crippen molar-refractivity contribution in [3.05, 3.63) is 66.1 Å². The van der Waals surface area contributed by atoms with Gasteiger partial charge in [0.1, 0.15) is 10.9 Å². The van der Waals surface area contributed by atoms with Gasteiger partial charge in [-0.25, -0.2) is 4.98 Å².